The second-order valence-electron chi connectivity index (χ2n) is 5.13. The van der Waals surface area contributed by atoms with Crippen LogP contribution in [0.2, 0.25) is 0 Å². The van der Waals surface area contributed by atoms with Crippen LogP contribution < -0.4 is 0 Å². The normalized spacial score (nSPS) is 28.4. The molecule has 1 aromatic rings. The van der Waals surface area contributed by atoms with Crippen molar-refractivity contribution in [3.05, 3.63) is 59.2 Å². The number of benzene rings is 1. The van der Waals surface area contributed by atoms with Crippen molar-refractivity contribution in [1.82, 2.24) is 0 Å². The zero-order valence-corrected chi connectivity index (χ0v) is 10.6. The summed E-state index contributed by atoms with van der Waals surface area (Å²) in [7, 11) is 0. The molecule has 16 heavy (non-hydrogen) atoms. The highest BCUT2D eigenvalue weighted by molar-refractivity contribution is 5.42. The lowest BCUT2D eigenvalue weighted by molar-refractivity contribution is 0.455. The number of hydrogen-bond donors (Lipinski definition) is 0. The maximum Gasteiger partial charge on any atom is 0.0169 e. The quantitative estimate of drug-likeness (QED) is 0.650. The van der Waals surface area contributed by atoms with Gasteiger partial charge < -0.3 is 0 Å². The average molecular weight is 212 g/mol. The minimum absolute atomic E-state index is 0.144. The molecule has 0 aliphatic heterocycles. The van der Waals surface area contributed by atoms with Crippen molar-refractivity contribution in [2.75, 3.05) is 0 Å². The van der Waals surface area contributed by atoms with Gasteiger partial charge in [-0.3, -0.25) is 0 Å². The Labute approximate surface area is 98.7 Å². The molecule has 0 heteroatoms. The molecule has 1 aliphatic carbocycles. The molecule has 0 saturated carbocycles. The molecule has 1 aromatic carbocycles. The van der Waals surface area contributed by atoms with E-state index in [-0.39, 0.29) is 5.41 Å². The molecule has 2 unspecified atom stereocenters. The van der Waals surface area contributed by atoms with Crippen LogP contribution in [0.15, 0.2) is 42.5 Å². The molecule has 2 rings (SSSR count). The smallest absolute Gasteiger partial charge is 0.0169 e. The van der Waals surface area contributed by atoms with E-state index in [2.05, 4.69) is 70.2 Å². The first-order chi connectivity index (χ1) is 7.54. The third kappa shape index (κ3) is 1.73. The number of aryl methyl sites for hydroxylation is 2. The summed E-state index contributed by atoms with van der Waals surface area (Å²) in [5.74, 6) is 0.554. The van der Waals surface area contributed by atoms with Crippen LogP contribution in [0.3, 0.4) is 0 Å². The maximum absolute atomic E-state index is 2.33. The monoisotopic (exact) mass is 212 g/mol. The fraction of sp³-hybridized carbons (Fsp3) is 0.375. The molecule has 2 atom stereocenters. The van der Waals surface area contributed by atoms with E-state index in [4.69, 9.17) is 0 Å². The van der Waals surface area contributed by atoms with Crippen LogP contribution in [0.1, 0.15) is 30.5 Å². The molecule has 0 N–H and O–H groups in total. The Bertz CT molecular complexity index is 451. The van der Waals surface area contributed by atoms with Crippen LogP contribution in [-0.4, -0.2) is 0 Å². The van der Waals surface area contributed by atoms with Crippen LogP contribution in [0, 0.1) is 19.8 Å². The first-order valence-electron chi connectivity index (χ1n) is 5.98. The Morgan fingerprint density at radius 2 is 1.88 bits per heavy atom. The average Bonchev–Trinajstić information content (AvgIpc) is 2.26. The van der Waals surface area contributed by atoms with Gasteiger partial charge in [0.05, 0.1) is 0 Å². The minimum atomic E-state index is 0.144. The predicted molar refractivity (Wildman–Crippen MR) is 70.7 cm³/mol. The van der Waals surface area contributed by atoms with Crippen molar-refractivity contribution < 1.29 is 0 Å². The van der Waals surface area contributed by atoms with Crippen LogP contribution in [0.5, 0.6) is 0 Å². The van der Waals surface area contributed by atoms with E-state index in [1.165, 1.54) is 16.7 Å². The molecule has 1 aliphatic rings. The van der Waals surface area contributed by atoms with E-state index in [0.717, 1.165) is 0 Å². The highest BCUT2D eigenvalue weighted by Gasteiger charge is 2.31. The standard InChI is InChI=1S/C16H20/c1-12-8-9-13(2)15(11-12)16(4)10-6-5-7-14(16)3/h5-11,14H,1-4H3. The lowest BCUT2D eigenvalue weighted by Gasteiger charge is -2.35. The second-order valence-corrected chi connectivity index (χ2v) is 5.13. The van der Waals surface area contributed by atoms with Crippen molar-refractivity contribution in [1.29, 1.82) is 0 Å². The molecular weight excluding hydrogens is 192 g/mol. The highest BCUT2D eigenvalue weighted by atomic mass is 14.3. The fourth-order valence-corrected chi connectivity index (χ4v) is 2.49. The van der Waals surface area contributed by atoms with E-state index in [9.17, 15) is 0 Å². The Hall–Kier alpha value is -1.30. The SMILES string of the molecule is Cc1ccc(C)c(C2(C)C=CC=CC2C)c1. The fourth-order valence-electron chi connectivity index (χ4n) is 2.49. The van der Waals surface area contributed by atoms with Crippen molar-refractivity contribution in [3.8, 4) is 0 Å². The summed E-state index contributed by atoms with van der Waals surface area (Å²) in [5.41, 5.74) is 4.34. The van der Waals surface area contributed by atoms with Crippen LogP contribution in [-0.2, 0) is 5.41 Å². The summed E-state index contributed by atoms with van der Waals surface area (Å²) < 4.78 is 0. The Morgan fingerprint density at radius 3 is 2.56 bits per heavy atom. The van der Waals surface area contributed by atoms with Gasteiger partial charge in [-0.25, -0.2) is 0 Å². The first-order valence-corrected chi connectivity index (χ1v) is 5.98. The first kappa shape index (κ1) is 11.2. The summed E-state index contributed by atoms with van der Waals surface area (Å²) in [6.45, 7) is 9.00. The minimum Gasteiger partial charge on any atom is -0.0805 e. The summed E-state index contributed by atoms with van der Waals surface area (Å²) in [6.07, 6.45) is 8.94. The van der Waals surface area contributed by atoms with Gasteiger partial charge in [0.2, 0.25) is 0 Å². The summed E-state index contributed by atoms with van der Waals surface area (Å²) in [4.78, 5) is 0. The van der Waals surface area contributed by atoms with Crippen molar-refractivity contribution in [3.63, 3.8) is 0 Å². The zero-order valence-electron chi connectivity index (χ0n) is 10.6. The third-order valence-corrected chi connectivity index (χ3v) is 3.87. The molecule has 0 bridgehead atoms. The van der Waals surface area contributed by atoms with Gasteiger partial charge in [-0.15, -0.1) is 0 Å². The highest BCUT2D eigenvalue weighted by Crippen LogP contribution is 2.38. The molecule has 0 fully saturated rings. The summed E-state index contributed by atoms with van der Waals surface area (Å²) in [6, 6.07) is 6.75. The van der Waals surface area contributed by atoms with Crippen LogP contribution >= 0.6 is 0 Å². The lowest BCUT2D eigenvalue weighted by Crippen LogP contribution is -2.29. The Morgan fingerprint density at radius 1 is 1.12 bits per heavy atom. The Kier molecular flexibility index (Phi) is 2.75. The van der Waals surface area contributed by atoms with Crippen molar-refractivity contribution >= 4 is 0 Å². The molecule has 0 nitrogen and oxygen atoms in total. The lowest BCUT2D eigenvalue weighted by atomic mass is 9.69. The molecule has 0 aromatic heterocycles. The predicted octanol–water partition coefficient (Wildman–Crippen LogP) is 4.32. The number of rotatable bonds is 1. The molecule has 0 radical (unpaired) electrons. The molecule has 0 heterocycles. The van der Waals surface area contributed by atoms with Crippen molar-refractivity contribution in [2.45, 2.75) is 33.1 Å². The van der Waals surface area contributed by atoms with E-state index in [0.29, 0.717) is 5.92 Å². The van der Waals surface area contributed by atoms with Gasteiger partial charge in [0.15, 0.2) is 0 Å². The van der Waals surface area contributed by atoms with Gasteiger partial charge in [0, 0.05) is 5.41 Å². The van der Waals surface area contributed by atoms with Gasteiger partial charge in [0.25, 0.3) is 0 Å². The summed E-state index contributed by atoms with van der Waals surface area (Å²) >= 11 is 0. The summed E-state index contributed by atoms with van der Waals surface area (Å²) in [5, 5.41) is 0. The van der Waals surface area contributed by atoms with Gasteiger partial charge >= 0.3 is 0 Å². The van der Waals surface area contributed by atoms with Gasteiger partial charge in [-0.1, -0.05) is 61.9 Å². The largest absolute Gasteiger partial charge is 0.0805 e. The third-order valence-electron chi connectivity index (χ3n) is 3.87. The number of allylic oxidation sites excluding steroid dienone is 4. The van der Waals surface area contributed by atoms with E-state index >= 15 is 0 Å². The maximum atomic E-state index is 2.33. The van der Waals surface area contributed by atoms with Crippen molar-refractivity contribution in [2.24, 2.45) is 5.92 Å². The molecule has 0 saturated heterocycles. The van der Waals surface area contributed by atoms with E-state index in [1.54, 1.807) is 0 Å². The molecule has 0 amide bonds. The molecular formula is C16H20. The molecule has 0 spiro atoms. The van der Waals surface area contributed by atoms with Crippen LogP contribution in [0.4, 0.5) is 0 Å². The van der Waals surface area contributed by atoms with E-state index < -0.39 is 0 Å². The zero-order chi connectivity index (χ0) is 11.8. The van der Waals surface area contributed by atoms with Gasteiger partial charge in [0.1, 0.15) is 0 Å². The van der Waals surface area contributed by atoms with Gasteiger partial charge in [-0.05, 0) is 30.9 Å². The second kappa shape index (κ2) is 3.93. The van der Waals surface area contributed by atoms with Crippen LogP contribution in [0.25, 0.3) is 0 Å². The topological polar surface area (TPSA) is 0 Å². The van der Waals surface area contributed by atoms with Gasteiger partial charge in [-0.2, -0.15) is 0 Å². The number of hydrogen-bond acceptors (Lipinski definition) is 0. The molecule has 84 valence electrons. The van der Waals surface area contributed by atoms with E-state index in [1.807, 2.05) is 0 Å². The Balaban J connectivity index is 2.54.